The third-order valence-corrected chi connectivity index (χ3v) is 1.97. The minimum Gasteiger partial charge on any atom is -0.474 e. The lowest BCUT2D eigenvalue weighted by atomic mass is 10.2. The predicted octanol–water partition coefficient (Wildman–Crippen LogP) is 0.444. The van der Waals surface area contributed by atoms with Crippen LogP contribution in [0.25, 0.3) is 0 Å². The summed E-state index contributed by atoms with van der Waals surface area (Å²) in [6.45, 7) is 0.584. The van der Waals surface area contributed by atoms with Gasteiger partial charge in [-0.2, -0.15) is 9.78 Å². The van der Waals surface area contributed by atoms with Crippen LogP contribution in [-0.4, -0.2) is 21.2 Å². The zero-order valence-corrected chi connectivity index (χ0v) is 7.92. The number of rotatable bonds is 3. The van der Waals surface area contributed by atoms with E-state index in [1.165, 1.54) is 6.33 Å². The van der Waals surface area contributed by atoms with Gasteiger partial charge < -0.3 is 5.11 Å². The second-order valence-electron chi connectivity index (χ2n) is 3.12. The summed E-state index contributed by atoms with van der Waals surface area (Å²) in [5.74, 6) is -1.10. The average molecular weight is 204 g/mol. The fraction of sp³-hybridized carbons (Fsp3) is 0.100. The number of benzene rings is 1. The van der Waals surface area contributed by atoms with E-state index in [2.05, 4.69) is 10.1 Å². The van der Waals surface area contributed by atoms with Crippen LogP contribution < -0.4 is 4.68 Å². The van der Waals surface area contributed by atoms with Gasteiger partial charge in [-0.15, -0.1) is 0 Å². The number of hydrogen-bond donors (Lipinski definition) is 2. The smallest absolute Gasteiger partial charge is 0.401 e. The minimum atomic E-state index is -1.05. The molecular weight excluding hydrogens is 194 g/mol. The van der Waals surface area contributed by atoms with Crippen molar-refractivity contribution in [2.75, 3.05) is 0 Å². The quantitative estimate of drug-likeness (QED) is 0.713. The Morgan fingerprint density at radius 3 is 2.73 bits per heavy atom. The number of hydrogen-bond acceptors (Lipinski definition) is 2. The number of H-pyrrole nitrogens is 1. The molecule has 1 aromatic carbocycles. The maximum atomic E-state index is 10.6. The summed E-state index contributed by atoms with van der Waals surface area (Å²) in [7, 11) is 0. The van der Waals surface area contributed by atoms with Gasteiger partial charge in [0.2, 0.25) is 0 Å². The monoisotopic (exact) mass is 204 g/mol. The van der Waals surface area contributed by atoms with E-state index in [4.69, 9.17) is 5.11 Å². The highest BCUT2D eigenvalue weighted by atomic mass is 16.4. The number of aromatic amines is 1. The van der Waals surface area contributed by atoms with Gasteiger partial charge in [-0.3, -0.25) is 0 Å². The van der Waals surface area contributed by atoms with Crippen LogP contribution in [0.4, 0.5) is 0 Å². The number of nitrogens with one attached hydrogen (secondary N) is 1. The summed E-state index contributed by atoms with van der Waals surface area (Å²) in [5, 5.41) is 11.3. The van der Waals surface area contributed by atoms with Crippen LogP contribution in [0.3, 0.4) is 0 Å². The van der Waals surface area contributed by atoms with Crippen molar-refractivity contribution in [2.45, 2.75) is 6.54 Å². The number of carbonyl (C=O) groups is 1. The van der Waals surface area contributed by atoms with Crippen molar-refractivity contribution in [1.82, 2.24) is 10.1 Å². The highest BCUT2D eigenvalue weighted by Gasteiger charge is 2.15. The lowest BCUT2D eigenvalue weighted by Gasteiger charge is -1.94. The van der Waals surface area contributed by atoms with Gasteiger partial charge in [0, 0.05) is 0 Å². The summed E-state index contributed by atoms with van der Waals surface area (Å²) in [6, 6.07) is 9.74. The van der Waals surface area contributed by atoms with Crippen molar-refractivity contribution in [3.63, 3.8) is 0 Å². The summed E-state index contributed by atoms with van der Waals surface area (Å²) < 4.78 is 1.62. The molecule has 5 heteroatoms. The molecule has 0 aliphatic carbocycles. The first-order valence-corrected chi connectivity index (χ1v) is 4.47. The first kappa shape index (κ1) is 9.39. The molecule has 1 aromatic heterocycles. The number of carboxylic acids is 1. The Morgan fingerprint density at radius 2 is 2.13 bits per heavy atom. The Kier molecular flexibility index (Phi) is 2.45. The molecule has 0 fully saturated rings. The molecule has 0 aliphatic rings. The normalized spacial score (nSPS) is 10.1. The van der Waals surface area contributed by atoms with E-state index in [0.717, 1.165) is 5.56 Å². The lowest BCUT2D eigenvalue weighted by Crippen LogP contribution is -2.35. The van der Waals surface area contributed by atoms with E-state index in [9.17, 15) is 4.79 Å². The van der Waals surface area contributed by atoms with Crippen LogP contribution in [0.2, 0.25) is 0 Å². The van der Waals surface area contributed by atoms with Gasteiger partial charge in [-0.05, 0) is 10.5 Å². The Hall–Kier alpha value is -2.17. The second kappa shape index (κ2) is 3.91. The first-order valence-electron chi connectivity index (χ1n) is 4.47. The minimum absolute atomic E-state index is 0.0501. The van der Waals surface area contributed by atoms with Crippen molar-refractivity contribution in [3.8, 4) is 0 Å². The fourth-order valence-electron chi connectivity index (χ4n) is 1.28. The molecule has 15 heavy (non-hydrogen) atoms. The highest BCUT2D eigenvalue weighted by molar-refractivity contribution is 5.82. The largest absolute Gasteiger partial charge is 0.474 e. The van der Waals surface area contributed by atoms with Gasteiger partial charge in [-0.1, -0.05) is 30.3 Å². The van der Waals surface area contributed by atoms with Crippen molar-refractivity contribution < 1.29 is 14.6 Å². The molecule has 0 amide bonds. The van der Waals surface area contributed by atoms with Crippen LogP contribution in [0.5, 0.6) is 0 Å². The van der Waals surface area contributed by atoms with Gasteiger partial charge >= 0.3 is 18.1 Å². The summed E-state index contributed by atoms with van der Waals surface area (Å²) >= 11 is 0. The number of aromatic carboxylic acids is 1. The molecule has 0 saturated heterocycles. The van der Waals surface area contributed by atoms with Crippen LogP contribution in [0, 0.1) is 0 Å². The Morgan fingerprint density at radius 1 is 1.40 bits per heavy atom. The first-order chi connectivity index (χ1) is 7.25. The van der Waals surface area contributed by atoms with Crippen LogP contribution in [0.1, 0.15) is 16.2 Å². The van der Waals surface area contributed by atoms with E-state index < -0.39 is 5.97 Å². The average Bonchev–Trinajstić information content (AvgIpc) is 2.68. The molecule has 0 bridgehead atoms. The Labute approximate surface area is 86.0 Å². The van der Waals surface area contributed by atoms with Crippen molar-refractivity contribution >= 4 is 5.97 Å². The van der Waals surface area contributed by atoms with Crippen molar-refractivity contribution in [3.05, 3.63) is 48.0 Å². The molecule has 2 N–H and O–H groups in total. The van der Waals surface area contributed by atoms with Crippen LogP contribution in [-0.2, 0) is 6.54 Å². The SMILES string of the molecule is O=C(O)c1nc[n+](Cc2ccccc2)[nH]1. The molecule has 0 atom stereocenters. The van der Waals surface area contributed by atoms with Crippen molar-refractivity contribution in [1.29, 1.82) is 0 Å². The van der Waals surface area contributed by atoms with Crippen molar-refractivity contribution in [2.24, 2.45) is 0 Å². The topological polar surface area (TPSA) is 69.9 Å². The van der Waals surface area contributed by atoms with Gasteiger partial charge in [0.15, 0.2) is 0 Å². The molecule has 0 radical (unpaired) electrons. The molecule has 1 heterocycles. The van der Waals surface area contributed by atoms with E-state index in [1.807, 2.05) is 30.3 Å². The zero-order chi connectivity index (χ0) is 10.7. The molecule has 0 aliphatic heterocycles. The maximum absolute atomic E-state index is 10.6. The molecule has 5 nitrogen and oxygen atoms in total. The molecule has 2 aromatic rings. The summed E-state index contributed by atoms with van der Waals surface area (Å²) in [5.41, 5.74) is 1.09. The van der Waals surface area contributed by atoms with Gasteiger partial charge in [-0.25, -0.2) is 4.79 Å². The molecule has 0 unspecified atom stereocenters. The van der Waals surface area contributed by atoms with E-state index in [-0.39, 0.29) is 5.82 Å². The molecule has 76 valence electrons. The number of carboxylic acid groups (broad SMARTS) is 1. The highest BCUT2D eigenvalue weighted by Crippen LogP contribution is 1.96. The zero-order valence-electron chi connectivity index (χ0n) is 7.92. The van der Waals surface area contributed by atoms with Crippen LogP contribution >= 0.6 is 0 Å². The standard InChI is InChI=1S/C10H9N3O2/c14-10(15)9-11-7-13(12-9)6-8-4-2-1-3-5-8/h1-5,7H,6H2,(H,14,15)/p+1. The summed E-state index contributed by atoms with van der Waals surface area (Å²) in [4.78, 5) is 14.3. The molecular formula is C10H10N3O2+. The van der Waals surface area contributed by atoms with Gasteiger partial charge in [0.25, 0.3) is 0 Å². The Balaban J connectivity index is 2.15. The second-order valence-corrected chi connectivity index (χ2v) is 3.12. The molecule has 2 rings (SSSR count). The van der Waals surface area contributed by atoms with Crippen LogP contribution in [0.15, 0.2) is 36.7 Å². The third-order valence-electron chi connectivity index (χ3n) is 1.97. The van der Waals surface area contributed by atoms with E-state index >= 15 is 0 Å². The third kappa shape index (κ3) is 2.19. The summed E-state index contributed by atoms with van der Waals surface area (Å²) in [6.07, 6.45) is 1.47. The lowest BCUT2D eigenvalue weighted by molar-refractivity contribution is -0.743. The number of aromatic nitrogens is 3. The van der Waals surface area contributed by atoms with Gasteiger partial charge in [0.05, 0.1) is 0 Å². The number of nitrogens with zero attached hydrogens (tertiary/aromatic N) is 2. The predicted molar refractivity (Wildman–Crippen MR) is 51.3 cm³/mol. The molecule has 0 saturated carbocycles. The fourth-order valence-corrected chi connectivity index (χ4v) is 1.28. The molecule has 0 spiro atoms. The van der Waals surface area contributed by atoms with E-state index in [0.29, 0.717) is 6.54 Å². The van der Waals surface area contributed by atoms with E-state index in [1.54, 1.807) is 4.68 Å². The maximum Gasteiger partial charge on any atom is 0.401 e. The van der Waals surface area contributed by atoms with Gasteiger partial charge in [0.1, 0.15) is 6.54 Å². The Bertz CT molecular complexity index is 465.